The van der Waals surface area contributed by atoms with Gasteiger partial charge in [0, 0.05) is 18.4 Å². The van der Waals surface area contributed by atoms with Crippen LogP contribution >= 0.6 is 0 Å². The Hall–Kier alpha value is -1.40. The van der Waals surface area contributed by atoms with Crippen molar-refractivity contribution in [1.82, 2.24) is 5.32 Å². The number of rotatable bonds is 6. The van der Waals surface area contributed by atoms with E-state index in [1.54, 1.807) is 19.1 Å². The molecule has 0 aliphatic heterocycles. The second kappa shape index (κ2) is 5.93. The van der Waals surface area contributed by atoms with Crippen LogP contribution in [0.15, 0.2) is 22.8 Å². The van der Waals surface area contributed by atoms with Crippen LogP contribution in [0.3, 0.4) is 0 Å². The Morgan fingerprint density at radius 1 is 1.65 bits per heavy atom. The van der Waals surface area contributed by atoms with Gasteiger partial charge in [-0.05, 0) is 31.9 Å². The molecule has 0 radical (unpaired) electrons. The fraction of sp³-hybridized carbons (Fsp3) is 0.643. The van der Waals surface area contributed by atoms with Crippen molar-refractivity contribution >= 4 is 5.91 Å². The van der Waals surface area contributed by atoms with Gasteiger partial charge in [0.2, 0.25) is 5.91 Å². The third-order valence-corrected chi connectivity index (χ3v) is 3.72. The summed E-state index contributed by atoms with van der Waals surface area (Å²) in [6, 6.07) is 3.11. The van der Waals surface area contributed by atoms with Crippen molar-refractivity contribution < 1.29 is 23.8 Å². The van der Waals surface area contributed by atoms with E-state index in [2.05, 4.69) is 5.32 Å². The van der Waals surface area contributed by atoms with Crippen LogP contribution in [-0.4, -0.2) is 34.4 Å². The van der Waals surface area contributed by atoms with E-state index >= 15 is 0 Å². The number of aliphatic hydroxyl groups excluding tert-OH is 2. The van der Waals surface area contributed by atoms with Gasteiger partial charge in [0.1, 0.15) is 17.5 Å². The minimum atomic E-state index is -1.60. The summed E-state index contributed by atoms with van der Waals surface area (Å²) in [4.78, 5) is 11.8. The molecule has 2 atom stereocenters. The second-order valence-electron chi connectivity index (χ2n) is 5.59. The number of halogens is 1. The fourth-order valence-electron chi connectivity index (χ4n) is 2.49. The summed E-state index contributed by atoms with van der Waals surface area (Å²) in [5, 5.41) is 21.4. The molecule has 2 unspecified atom stereocenters. The van der Waals surface area contributed by atoms with Gasteiger partial charge < -0.3 is 19.9 Å². The molecule has 1 aromatic heterocycles. The van der Waals surface area contributed by atoms with Gasteiger partial charge in [-0.25, -0.2) is 4.39 Å². The fourth-order valence-corrected chi connectivity index (χ4v) is 2.49. The quantitative estimate of drug-likeness (QED) is 0.736. The number of alkyl halides is 1. The van der Waals surface area contributed by atoms with Gasteiger partial charge in [0.05, 0.1) is 12.9 Å². The molecule has 1 aliphatic rings. The zero-order valence-corrected chi connectivity index (χ0v) is 11.4. The Morgan fingerprint density at radius 3 is 2.90 bits per heavy atom. The summed E-state index contributed by atoms with van der Waals surface area (Å²) < 4.78 is 18.6. The zero-order chi connectivity index (χ0) is 14.8. The van der Waals surface area contributed by atoms with Crippen LogP contribution in [-0.2, 0) is 4.79 Å². The normalized spacial score (nSPS) is 28.5. The largest absolute Gasteiger partial charge is 0.467 e. The van der Waals surface area contributed by atoms with E-state index in [1.165, 1.54) is 6.26 Å². The molecule has 1 aromatic rings. The number of hydrogen-bond acceptors (Lipinski definition) is 4. The van der Waals surface area contributed by atoms with Crippen LogP contribution < -0.4 is 5.32 Å². The lowest BCUT2D eigenvalue weighted by Gasteiger charge is -2.39. The van der Waals surface area contributed by atoms with E-state index in [0.29, 0.717) is 12.2 Å². The highest BCUT2D eigenvalue weighted by molar-refractivity contribution is 5.80. The van der Waals surface area contributed by atoms with Crippen molar-refractivity contribution in [1.29, 1.82) is 0 Å². The number of nitrogens with one attached hydrogen (secondary N) is 1. The van der Waals surface area contributed by atoms with E-state index in [4.69, 9.17) is 9.52 Å². The first-order valence-corrected chi connectivity index (χ1v) is 6.75. The first kappa shape index (κ1) is 15.0. The Bertz CT molecular complexity index is 442. The van der Waals surface area contributed by atoms with Gasteiger partial charge in [-0.3, -0.25) is 4.79 Å². The van der Waals surface area contributed by atoms with E-state index in [0.717, 1.165) is 0 Å². The Balaban J connectivity index is 1.75. The van der Waals surface area contributed by atoms with Crippen molar-refractivity contribution in [2.45, 2.75) is 44.0 Å². The summed E-state index contributed by atoms with van der Waals surface area (Å²) in [5.74, 6) is -0.168. The molecule has 1 fully saturated rings. The molecular formula is C14H20FNO4. The van der Waals surface area contributed by atoms with Crippen LogP contribution in [0.4, 0.5) is 4.39 Å². The smallest absolute Gasteiger partial charge is 0.223 e. The van der Waals surface area contributed by atoms with Crippen LogP contribution in [0.25, 0.3) is 0 Å². The molecule has 20 heavy (non-hydrogen) atoms. The van der Waals surface area contributed by atoms with Crippen molar-refractivity contribution in [3.63, 3.8) is 0 Å². The summed E-state index contributed by atoms with van der Waals surface area (Å²) >= 11 is 0. The lowest BCUT2D eigenvalue weighted by Crippen LogP contribution is -2.51. The van der Waals surface area contributed by atoms with E-state index in [1.807, 2.05) is 0 Å². The molecular weight excluding hydrogens is 265 g/mol. The molecule has 1 amide bonds. The number of furan rings is 1. The molecule has 0 bridgehead atoms. The number of carbonyl (C=O) groups excluding carboxylic acids is 1. The molecule has 0 spiro atoms. The maximum absolute atomic E-state index is 13.5. The predicted octanol–water partition coefficient (Wildman–Crippen LogP) is 1.32. The standard InChI is InChI=1S/C14H20FNO4/c1-9(5-11(18)12-3-2-4-20-12)16-13(19)10-6-14(15,7-10)8-17/h2-4,9-11,17-18H,5-8H2,1H3,(H,16,19). The summed E-state index contributed by atoms with van der Waals surface area (Å²) in [6.45, 7) is 1.24. The van der Waals surface area contributed by atoms with Crippen LogP contribution in [0.2, 0.25) is 0 Å². The maximum atomic E-state index is 13.5. The summed E-state index contributed by atoms with van der Waals surface area (Å²) in [6.07, 6.45) is 1.14. The third kappa shape index (κ3) is 3.37. The topological polar surface area (TPSA) is 82.7 Å². The minimum Gasteiger partial charge on any atom is -0.467 e. The molecule has 1 aliphatic carbocycles. The number of hydrogen-bond donors (Lipinski definition) is 3. The lowest BCUT2D eigenvalue weighted by molar-refractivity contribution is -0.137. The number of aliphatic hydroxyl groups is 2. The maximum Gasteiger partial charge on any atom is 0.223 e. The van der Waals surface area contributed by atoms with Gasteiger partial charge in [-0.2, -0.15) is 0 Å². The highest BCUT2D eigenvalue weighted by Crippen LogP contribution is 2.40. The molecule has 2 rings (SSSR count). The molecule has 1 saturated carbocycles. The Morgan fingerprint density at radius 2 is 2.35 bits per heavy atom. The molecule has 112 valence electrons. The second-order valence-corrected chi connectivity index (χ2v) is 5.59. The van der Waals surface area contributed by atoms with Crippen molar-refractivity contribution in [3.05, 3.63) is 24.2 Å². The highest BCUT2D eigenvalue weighted by Gasteiger charge is 2.47. The number of carbonyl (C=O) groups is 1. The van der Waals surface area contributed by atoms with Gasteiger partial charge in [-0.1, -0.05) is 0 Å². The van der Waals surface area contributed by atoms with Gasteiger partial charge in [0.25, 0.3) is 0 Å². The Labute approximate surface area is 116 Å². The van der Waals surface area contributed by atoms with Gasteiger partial charge in [-0.15, -0.1) is 0 Å². The van der Waals surface area contributed by atoms with Crippen molar-refractivity contribution in [2.24, 2.45) is 5.92 Å². The minimum absolute atomic E-state index is 0.0583. The van der Waals surface area contributed by atoms with Gasteiger partial charge >= 0.3 is 0 Å². The van der Waals surface area contributed by atoms with E-state index in [-0.39, 0.29) is 24.8 Å². The monoisotopic (exact) mass is 285 g/mol. The van der Waals surface area contributed by atoms with Crippen LogP contribution in [0.5, 0.6) is 0 Å². The number of amides is 1. The predicted molar refractivity (Wildman–Crippen MR) is 69.5 cm³/mol. The molecule has 5 nitrogen and oxygen atoms in total. The lowest BCUT2D eigenvalue weighted by atomic mass is 9.72. The summed E-state index contributed by atoms with van der Waals surface area (Å²) in [7, 11) is 0. The van der Waals surface area contributed by atoms with Gasteiger partial charge in [0.15, 0.2) is 0 Å². The molecule has 3 N–H and O–H groups in total. The SMILES string of the molecule is CC(CC(O)c1ccco1)NC(=O)C1CC(F)(CO)C1. The van der Waals surface area contributed by atoms with E-state index < -0.39 is 24.3 Å². The van der Waals surface area contributed by atoms with Crippen molar-refractivity contribution in [2.75, 3.05) is 6.61 Å². The Kier molecular flexibility index (Phi) is 4.45. The van der Waals surface area contributed by atoms with Crippen LogP contribution in [0.1, 0.15) is 38.1 Å². The summed E-state index contributed by atoms with van der Waals surface area (Å²) in [5.41, 5.74) is -1.60. The molecule has 1 heterocycles. The first-order valence-electron chi connectivity index (χ1n) is 6.75. The van der Waals surface area contributed by atoms with Crippen molar-refractivity contribution in [3.8, 4) is 0 Å². The molecule has 0 aromatic carbocycles. The first-order chi connectivity index (χ1) is 9.43. The average Bonchev–Trinajstić information content (AvgIpc) is 2.88. The zero-order valence-electron chi connectivity index (χ0n) is 11.4. The highest BCUT2D eigenvalue weighted by atomic mass is 19.1. The third-order valence-electron chi connectivity index (χ3n) is 3.72. The molecule has 6 heteroatoms. The van der Waals surface area contributed by atoms with Crippen LogP contribution in [0, 0.1) is 5.92 Å². The molecule has 0 saturated heterocycles. The van der Waals surface area contributed by atoms with E-state index in [9.17, 15) is 14.3 Å². The average molecular weight is 285 g/mol.